The highest BCUT2D eigenvalue weighted by atomic mass is 32.1. The summed E-state index contributed by atoms with van der Waals surface area (Å²) in [7, 11) is 1.36. The molecule has 18 heavy (non-hydrogen) atoms. The number of aryl methyl sites for hydroxylation is 1. The van der Waals surface area contributed by atoms with Crippen LogP contribution in [0.4, 0.5) is 18.2 Å². The normalized spacial score (nSPS) is 11.8. The summed E-state index contributed by atoms with van der Waals surface area (Å²) < 4.78 is 38.4. The van der Waals surface area contributed by atoms with Crippen molar-refractivity contribution in [1.82, 2.24) is 9.78 Å². The van der Waals surface area contributed by atoms with E-state index in [0.717, 1.165) is 22.1 Å². The molecule has 0 radical (unpaired) electrons. The smallest absolute Gasteiger partial charge is 0.267 e. The van der Waals surface area contributed by atoms with Crippen LogP contribution in [0.2, 0.25) is 0 Å². The van der Waals surface area contributed by atoms with E-state index in [1.165, 1.54) is 19.2 Å². The van der Waals surface area contributed by atoms with Gasteiger partial charge in [0.15, 0.2) is 5.69 Å². The van der Waals surface area contributed by atoms with Gasteiger partial charge in [-0.1, -0.05) is 11.3 Å². The molecule has 0 aliphatic rings. The Morgan fingerprint density at radius 3 is 2.56 bits per heavy atom. The molecule has 0 saturated heterocycles. The van der Waals surface area contributed by atoms with Gasteiger partial charge < -0.3 is 0 Å². The molecular weight excluding hydrogens is 271 g/mol. The van der Waals surface area contributed by atoms with Gasteiger partial charge in [-0.15, -0.1) is 0 Å². The number of aromatic nitrogens is 2. The lowest BCUT2D eigenvalue weighted by atomic mass is 10.3. The molecule has 0 unspecified atom stereocenters. The maximum absolute atomic E-state index is 12.4. The van der Waals surface area contributed by atoms with Crippen molar-refractivity contribution in [1.29, 1.82) is 0 Å². The first-order valence-corrected chi connectivity index (χ1v) is 5.46. The molecule has 2 aromatic heterocycles. The monoisotopic (exact) mass is 277 g/mol. The molecule has 0 atom stereocenters. The molecule has 0 aliphatic heterocycles. The summed E-state index contributed by atoms with van der Waals surface area (Å²) in [6, 6.07) is 3.52. The molecule has 0 amide bonds. The molecule has 0 fully saturated rings. The van der Waals surface area contributed by atoms with E-state index in [1.54, 1.807) is 0 Å². The molecule has 9 heteroatoms. The fraction of sp³-hybridized carbons (Fsp3) is 0.222. The third kappa shape index (κ3) is 2.21. The van der Waals surface area contributed by atoms with Crippen LogP contribution < -0.4 is 0 Å². The van der Waals surface area contributed by atoms with E-state index in [4.69, 9.17) is 0 Å². The second kappa shape index (κ2) is 4.09. The minimum atomic E-state index is -4.53. The summed E-state index contributed by atoms with van der Waals surface area (Å²) in [6.07, 6.45) is -4.53. The lowest BCUT2D eigenvalue weighted by Crippen LogP contribution is -2.06. The van der Waals surface area contributed by atoms with Gasteiger partial charge >= 0.3 is 11.2 Å². The highest BCUT2D eigenvalue weighted by Gasteiger charge is 2.35. The third-order valence-electron chi connectivity index (χ3n) is 2.19. The average molecular weight is 277 g/mol. The molecule has 0 aliphatic carbocycles. The fourth-order valence-electron chi connectivity index (χ4n) is 1.40. The first-order chi connectivity index (χ1) is 8.29. The summed E-state index contributed by atoms with van der Waals surface area (Å²) in [6.45, 7) is 0. The Kier molecular flexibility index (Phi) is 2.85. The summed E-state index contributed by atoms with van der Waals surface area (Å²) in [5, 5.41) is 13.7. The van der Waals surface area contributed by atoms with Crippen LogP contribution in [0.1, 0.15) is 5.69 Å². The van der Waals surface area contributed by atoms with E-state index in [2.05, 4.69) is 5.10 Å². The van der Waals surface area contributed by atoms with Crippen LogP contribution in [0.5, 0.6) is 0 Å². The zero-order chi connectivity index (χ0) is 13.5. The number of alkyl halides is 3. The van der Waals surface area contributed by atoms with Crippen molar-refractivity contribution in [3.63, 3.8) is 0 Å². The van der Waals surface area contributed by atoms with Crippen LogP contribution >= 0.6 is 11.3 Å². The fourth-order valence-corrected chi connectivity index (χ4v) is 2.27. The molecule has 5 nitrogen and oxygen atoms in total. The predicted octanol–water partition coefficient (Wildman–Crippen LogP) is 3.08. The Hall–Kier alpha value is -1.90. The molecule has 0 bridgehead atoms. The van der Waals surface area contributed by atoms with Crippen molar-refractivity contribution in [3.05, 3.63) is 34.0 Å². The van der Waals surface area contributed by atoms with Crippen LogP contribution in [0, 0.1) is 10.1 Å². The Morgan fingerprint density at radius 2 is 2.11 bits per heavy atom. The minimum Gasteiger partial charge on any atom is -0.267 e. The first kappa shape index (κ1) is 12.6. The van der Waals surface area contributed by atoms with Gasteiger partial charge in [0, 0.05) is 13.1 Å². The molecule has 2 aromatic rings. The average Bonchev–Trinajstić information content (AvgIpc) is 2.81. The lowest BCUT2D eigenvalue weighted by Gasteiger charge is -1.98. The van der Waals surface area contributed by atoms with Crippen LogP contribution in [0.3, 0.4) is 0 Å². The second-order valence-corrected chi connectivity index (χ2v) is 4.49. The van der Waals surface area contributed by atoms with Crippen LogP contribution in [-0.4, -0.2) is 14.7 Å². The van der Waals surface area contributed by atoms with Gasteiger partial charge in [0.05, 0.1) is 15.5 Å². The van der Waals surface area contributed by atoms with Crippen LogP contribution in [0.15, 0.2) is 18.2 Å². The molecular formula is C9H6F3N3O2S. The first-order valence-electron chi connectivity index (χ1n) is 4.65. The van der Waals surface area contributed by atoms with Gasteiger partial charge in [0.25, 0.3) is 0 Å². The standard InChI is InChI=1S/C9H6F3N3O2S/c1-14-5(4-7(13-14)9(10,11)12)6-2-3-8(18-6)15(16)17/h2-4H,1H3. The molecule has 96 valence electrons. The molecule has 2 heterocycles. The van der Waals surface area contributed by atoms with Gasteiger partial charge in [0.1, 0.15) is 0 Å². The number of hydrogen-bond acceptors (Lipinski definition) is 4. The highest BCUT2D eigenvalue weighted by Crippen LogP contribution is 2.35. The van der Waals surface area contributed by atoms with E-state index in [1.807, 2.05) is 0 Å². The predicted molar refractivity (Wildman–Crippen MR) is 58.2 cm³/mol. The molecule has 0 N–H and O–H groups in total. The maximum Gasteiger partial charge on any atom is 0.435 e. The van der Waals surface area contributed by atoms with Gasteiger partial charge in [-0.25, -0.2) is 0 Å². The quantitative estimate of drug-likeness (QED) is 0.626. The van der Waals surface area contributed by atoms with Gasteiger partial charge in [0.2, 0.25) is 0 Å². The van der Waals surface area contributed by atoms with Crippen molar-refractivity contribution >= 4 is 16.3 Å². The van der Waals surface area contributed by atoms with Gasteiger partial charge in [-0.2, -0.15) is 18.3 Å². The summed E-state index contributed by atoms with van der Waals surface area (Å²) in [4.78, 5) is 10.3. The number of thiophene rings is 1. The molecule has 0 saturated carbocycles. The Morgan fingerprint density at radius 1 is 1.44 bits per heavy atom. The zero-order valence-corrected chi connectivity index (χ0v) is 9.75. The van der Waals surface area contributed by atoms with Crippen molar-refractivity contribution in [2.75, 3.05) is 0 Å². The molecule has 0 aromatic carbocycles. The van der Waals surface area contributed by atoms with E-state index >= 15 is 0 Å². The second-order valence-electron chi connectivity index (χ2n) is 3.43. The third-order valence-corrected chi connectivity index (χ3v) is 3.25. The van der Waals surface area contributed by atoms with Crippen LogP contribution in [0.25, 0.3) is 10.6 Å². The Labute approximate surface area is 103 Å². The summed E-state index contributed by atoms with van der Waals surface area (Å²) in [5.41, 5.74) is -0.823. The largest absolute Gasteiger partial charge is 0.435 e. The number of nitro groups is 1. The minimum absolute atomic E-state index is 0.125. The number of halogens is 3. The van der Waals surface area contributed by atoms with Crippen molar-refractivity contribution < 1.29 is 18.1 Å². The number of nitrogens with zero attached hydrogens (tertiary/aromatic N) is 3. The van der Waals surface area contributed by atoms with Crippen molar-refractivity contribution in [3.8, 4) is 10.6 Å². The topological polar surface area (TPSA) is 61.0 Å². The number of hydrogen-bond donors (Lipinski definition) is 0. The van der Waals surface area contributed by atoms with Crippen LogP contribution in [-0.2, 0) is 13.2 Å². The highest BCUT2D eigenvalue weighted by molar-refractivity contribution is 7.18. The van der Waals surface area contributed by atoms with E-state index in [-0.39, 0.29) is 10.7 Å². The Bertz CT molecular complexity index is 602. The maximum atomic E-state index is 12.4. The number of rotatable bonds is 2. The molecule has 2 rings (SSSR count). The lowest BCUT2D eigenvalue weighted by molar-refractivity contribution is -0.380. The molecule has 0 spiro atoms. The summed E-state index contributed by atoms with van der Waals surface area (Å²) in [5.74, 6) is 0. The Balaban J connectivity index is 2.44. The van der Waals surface area contributed by atoms with Gasteiger partial charge in [-0.05, 0) is 12.1 Å². The zero-order valence-electron chi connectivity index (χ0n) is 8.93. The van der Waals surface area contributed by atoms with E-state index < -0.39 is 16.8 Å². The van der Waals surface area contributed by atoms with E-state index in [9.17, 15) is 23.3 Å². The van der Waals surface area contributed by atoms with Crippen molar-refractivity contribution in [2.24, 2.45) is 7.05 Å². The van der Waals surface area contributed by atoms with Crippen molar-refractivity contribution in [2.45, 2.75) is 6.18 Å². The van der Waals surface area contributed by atoms with E-state index in [0.29, 0.717) is 4.88 Å². The SMILES string of the molecule is Cn1nc(C(F)(F)F)cc1-c1ccc([N+](=O)[O-])s1. The van der Waals surface area contributed by atoms with Gasteiger partial charge in [-0.3, -0.25) is 14.8 Å². The summed E-state index contributed by atoms with van der Waals surface area (Å²) >= 11 is 0.805.